The largest absolute Gasteiger partial charge is 0.382 e. The predicted molar refractivity (Wildman–Crippen MR) is 113 cm³/mol. The fraction of sp³-hybridized carbons (Fsp3) is 0.0455. The predicted octanol–water partition coefficient (Wildman–Crippen LogP) is 2.96. The van der Waals surface area contributed by atoms with Crippen molar-refractivity contribution >= 4 is 5.84 Å². The van der Waals surface area contributed by atoms with Crippen molar-refractivity contribution in [3.8, 4) is 22.8 Å². The quantitative estimate of drug-likeness (QED) is 0.405. The molecule has 0 saturated carbocycles. The first kappa shape index (κ1) is 18.4. The zero-order chi connectivity index (χ0) is 20.1. The summed E-state index contributed by atoms with van der Waals surface area (Å²) in [6, 6.07) is 22.4. The Morgan fingerprint density at radius 1 is 0.690 bits per heavy atom. The summed E-state index contributed by atoms with van der Waals surface area (Å²) >= 11 is 0. The van der Waals surface area contributed by atoms with E-state index in [1.54, 1.807) is 18.5 Å². The van der Waals surface area contributed by atoms with Crippen molar-refractivity contribution in [1.82, 2.24) is 19.9 Å². The van der Waals surface area contributed by atoms with Gasteiger partial charge in [0, 0.05) is 12.4 Å². The van der Waals surface area contributed by atoms with E-state index in [1.165, 1.54) is 0 Å². The van der Waals surface area contributed by atoms with Crippen LogP contribution in [0.3, 0.4) is 0 Å². The molecule has 0 fully saturated rings. The van der Waals surface area contributed by atoms with E-state index in [9.17, 15) is 0 Å². The summed E-state index contributed by atoms with van der Waals surface area (Å²) in [4.78, 5) is 22.1. The monoisotopic (exact) mass is 381 g/mol. The third kappa shape index (κ3) is 4.31. The van der Waals surface area contributed by atoms with E-state index in [-0.39, 0.29) is 5.84 Å². The lowest BCUT2D eigenvalue weighted by molar-refractivity contribution is 0.743. The molecule has 4 N–H and O–H groups in total. The molecule has 0 saturated heterocycles. The fourth-order valence-electron chi connectivity index (χ4n) is 2.79. The van der Waals surface area contributed by atoms with Gasteiger partial charge >= 0.3 is 0 Å². The molecule has 0 aliphatic carbocycles. The average Bonchev–Trinajstić information content (AvgIpc) is 2.80. The van der Waals surface area contributed by atoms with Crippen LogP contribution in [0, 0.1) is 0 Å². The van der Waals surface area contributed by atoms with Gasteiger partial charge in [-0.05, 0) is 48.5 Å². The standard InChI is InChI=1S/C22H19N7/c23-21(19-11-5-9-17(27-19)15-7-1-3-13-25-15)29-22(24)20-12-6-10-18(28-20)16-8-2-4-14-26-16/h1-14,21H,23H2,(H2,24,29). The summed E-state index contributed by atoms with van der Waals surface area (Å²) in [5.74, 6) is 0.236. The first-order valence-electron chi connectivity index (χ1n) is 9.07. The molecule has 0 radical (unpaired) electrons. The van der Waals surface area contributed by atoms with E-state index < -0.39 is 6.17 Å². The number of rotatable bonds is 5. The summed E-state index contributed by atoms with van der Waals surface area (Å²) < 4.78 is 0. The molecule has 7 heteroatoms. The highest BCUT2D eigenvalue weighted by Crippen LogP contribution is 2.18. The molecular weight excluding hydrogens is 362 g/mol. The zero-order valence-corrected chi connectivity index (χ0v) is 15.6. The van der Waals surface area contributed by atoms with Crippen molar-refractivity contribution in [1.29, 1.82) is 0 Å². The third-order valence-corrected chi connectivity index (χ3v) is 4.22. The normalized spacial score (nSPS) is 12.5. The molecule has 4 aromatic rings. The van der Waals surface area contributed by atoms with Crippen LogP contribution < -0.4 is 11.5 Å². The van der Waals surface area contributed by atoms with Crippen molar-refractivity contribution in [3.05, 3.63) is 96.6 Å². The van der Waals surface area contributed by atoms with Crippen LogP contribution in [-0.4, -0.2) is 25.8 Å². The van der Waals surface area contributed by atoms with Crippen molar-refractivity contribution in [2.45, 2.75) is 6.17 Å². The van der Waals surface area contributed by atoms with Gasteiger partial charge in [-0.1, -0.05) is 24.3 Å². The lowest BCUT2D eigenvalue weighted by Crippen LogP contribution is -2.20. The van der Waals surface area contributed by atoms with Gasteiger partial charge in [0.25, 0.3) is 0 Å². The van der Waals surface area contributed by atoms with E-state index in [2.05, 4.69) is 24.9 Å². The van der Waals surface area contributed by atoms with Gasteiger partial charge in [-0.15, -0.1) is 0 Å². The molecule has 142 valence electrons. The molecule has 0 aliphatic rings. The van der Waals surface area contributed by atoms with Crippen LogP contribution in [-0.2, 0) is 0 Å². The van der Waals surface area contributed by atoms with E-state index in [0.29, 0.717) is 17.1 Å². The summed E-state index contributed by atoms with van der Waals surface area (Å²) in [6.07, 6.45) is 2.72. The maximum atomic E-state index is 6.24. The van der Waals surface area contributed by atoms with E-state index in [1.807, 2.05) is 66.7 Å². The summed E-state index contributed by atoms with van der Waals surface area (Å²) in [7, 11) is 0. The number of amidine groups is 1. The van der Waals surface area contributed by atoms with Crippen LogP contribution >= 0.6 is 0 Å². The molecule has 4 aromatic heterocycles. The Morgan fingerprint density at radius 2 is 1.28 bits per heavy atom. The number of aliphatic imine (C=N–C) groups is 1. The Bertz CT molecular complexity index is 1130. The first-order chi connectivity index (χ1) is 14.2. The van der Waals surface area contributed by atoms with Crippen molar-refractivity contribution in [2.75, 3.05) is 0 Å². The zero-order valence-electron chi connectivity index (χ0n) is 15.6. The van der Waals surface area contributed by atoms with Crippen molar-refractivity contribution in [3.63, 3.8) is 0 Å². The highest BCUT2D eigenvalue weighted by molar-refractivity contribution is 5.96. The van der Waals surface area contributed by atoms with Gasteiger partial charge in [-0.3, -0.25) is 9.97 Å². The molecule has 1 unspecified atom stereocenters. The van der Waals surface area contributed by atoms with Gasteiger partial charge in [0.15, 0.2) is 0 Å². The maximum Gasteiger partial charge on any atom is 0.146 e. The molecule has 7 nitrogen and oxygen atoms in total. The summed E-state index contributed by atoms with van der Waals surface area (Å²) in [5, 5.41) is 0. The average molecular weight is 381 g/mol. The van der Waals surface area contributed by atoms with Gasteiger partial charge in [0.2, 0.25) is 0 Å². The lowest BCUT2D eigenvalue weighted by atomic mass is 10.2. The number of hydrogen-bond donors (Lipinski definition) is 2. The smallest absolute Gasteiger partial charge is 0.146 e. The summed E-state index contributed by atoms with van der Waals surface area (Å²) in [6.45, 7) is 0. The molecule has 0 amide bonds. The number of pyridine rings is 4. The summed E-state index contributed by atoms with van der Waals surface area (Å²) in [5.41, 5.74) is 16.5. The second kappa shape index (κ2) is 8.37. The van der Waals surface area contributed by atoms with Crippen LogP contribution in [0.1, 0.15) is 17.6 Å². The van der Waals surface area contributed by atoms with Gasteiger partial charge in [-0.2, -0.15) is 0 Å². The molecule has 29 heavy (non-hydrogen) atoms. The van der Waals surface area contributed by atoms with Gasteiger partial charge < -0.3 is 11.5 Å². The Hall–Kier alpha value is -3.97. The number of nitrogens with zero attached hydrogens (tertiary/aromatic N) is 5. The first-order valence-corrected chi connectivity index (χ1v) is 9.07. The molecule has 0 aromatic carbocycles. The van der Waals surface area contributed by atoms with Crippen LogP contribution in [0.15, 0.2) is 90.2 Å². The number of nitrogens with two attached hydrogens (primary N) is 2. The highest BCUT2D eigenvalue weighted by Gasteiger charge is 2.11. The minimum Gasteiger partial charge on any atom is -0.382 e. The number of aromatic nitrogens is 4. The van der Waals surface area contributed by atoms with Crippen LogP contribution in [0.25, 0.3) is 22.8 Å². The van der Waals surface area contributed by atoms with Crippen molar-refractivity contribution in [2.24, 2.45) is 16.5 Å². The maximum absolute atomic E-state index is 6.24. The minimum absolute atomic E-state index is 0.236. The molecule has 4 rings (SSSR count). The highest BCUT2D eigenvalue weighted by atomic mass is 15.0. The van der Waals surface area contributed by atoms with E-state index in [4.69, 9.17) is 11.5 Å². The molecule has 0 bridgehead atoms. The molecule has 1 atom stereocenters. The van der Waals surface area contributed by atoms with Gasteiger partial charge in [0.1, 0.15) is 17.7 Å². The minimum atomic E-state index is -0.723. The Kier molecular flexibility index (Phi) is 5.31. The second-order valence-electron chi connectivity index (χ2n) is 6.24. The SMILES string of the molecule is N/C(=N\C(N)c1cccc(-c2ccccn2)n1)c1cccc(-c2ccccn2)n1. The van der Waals surface area contributed by atoms with Crippen LogP contribution in [0.5, 0.6) is 0 Å². The Labute approximate surface area is 168 Å². The lowest BCUT2D eigenvalue weighted by Gasteiger charge is -2.10. The Balaban J connectivity index is 1.60. The third-order valence-electron chi connectivity index (χ3n) is 4.22. The van der Waals surface area contributed by atoms with Crippen LogP contribution in [0.4, 0.5) is 0 Å². The molecular formula is C22H19N7. The van der Waals surface area contributed by atoms with E-state index >= 15 is 0 Å². The fourth-order valence-corrected chi connectivity index (χ4v) is 2.79. The Morgan fingerprint density at radius 3 is 1.90 bits per heavy atom. The molecule has 4 heterocycles. The van der Waals surface area contributed by atoms with Gasteiger partial charge in [0.05, 0.1) is 28.5 Å². The molecule has 0 spiro atoms. The molecule has 0 aliphatic heterocycles. The van der Waals surface area contributed by atoms with Crippen LogP contribution in [0.2, 0.25) is 0 Å². The van der Waals surface area contributed by atoms with Gasteiger partial charge in [-0.25, -0.2) is 15.0 Å². The second-order valence-corrected chi connectivity index (χ2v) is 6.24. The topological polar surface area (TPSA) is 116 Å². The van der Waals surface area contributed by atoms with Crippen molar-refractivity contribution < 1.29 is 0 Å². The van der Waals surface area contributed by atoms with E-state index in [0.717, 1.165) is 17.1 Å². The number of hydrogen-bond acceptors (Lipinski definition) is 6.